The average Bonchev–Trinajstić information content (AvgIpc) is 2.55. The van der Waals surface area contributed by atoms with Gasteiger partial charge in [0.15, 0.2) is 0 Å². The van der Waals surface area contributed by atoms with Gasteiger partial charge >= 0.3 is 0 Å². The van der Waals surface area contributed by atoms with Gasteiger partial charge in [-0.05, 0) is 24.6 Å². The van der Waals surface area contributed by atoms with E-state index in [0.29, 0.717) is 18.5 Å². The zero-order valence-electron chi connectivity index (χ0n) is 12.8. The highest BCUT2D eigenvalue weighted by Crippen LogP contribution is 2.14. The summed E-state index contributed by atoms with van der Waals surface area (Å²) in [6.07, 6.45) is 0. The zero-order valence-corrected chi connectivity index (χ0v) is 12.8. The first-order chi connectivity index (χ1) is 10.6. The number of aromatic nitrogens is 1. The van der Waals surface area contributed by atoms with Crippen LogP contribution in [0.15, 0.2) is 35.1 Å². The van der Waals surface area contributed by atoms with E-state index < -0.39 is 0 Å². The van der Waals surface area contributed by atoms with E-state index in [-0.39, 0.29) is 17.2 Å². The smallest absolute Gasteiger partial charge is 0.291 e. The standard InChI is InChI=1S/C16H19N3O3/c1-17-7-9-18(10-8-17)16(21)14-11-12-5-3-4-6-13(12)15(20)19(14)22-2/h3-6,11H,7-10H2,1-2H3. The number of pyridine rings is 1. The Bertz CT molecular complexity index is 761. The molecule has 0 atom stereocenters. The maximum atomic E-state index is 12.7. The first-order valence-electron chi connectivity index (χ1n) is 7.29. The summed E-state index contributed by atoms with van der Waals surface area (Å²) in [6, 6.07) is 8.93. The lowest BCUT2D eigenvalue weighted by Crippen LogP contribution is -2.48. The number of carbonyl (C=O) groups excluding carboxylic acids is 1. The SMILES string of the molecule is COn1c(C(=O)N2CCN(C)CC2)cc2ccccc2c1=O. The van der Waals surface area contributed by atoms with E-state index in [1.54, 1.807) is 23.1 Å². The van der Waals surface area contributed by atoms with Crippen LogP contribution < -0.4 is 10.4 Å². The number of benzene rings is 1. The van der Waals surface area contributed by atoms with Gasteiger partial charge in [-0.25, -0.2) is 0 Å². The Kier molecular flexibility index (Phi) is 3.85. The highest BCUT2D eigenvalue weighted by atomic mass is 16.7. The molecule has 0 aliphatic carbocycles. The van der Waals surface area contributed by atoms with Gasteiger partial charge in [-0.15, -0.1) is 4.73 Å². The maximum Gasteiger partial charge on any atom is 0.291 e. The van der Waals surface area contributed by atoms with Gasteiger partial charge in [0.05, 0.1) is 5.39 Å². The first kappa shape index (κ1) is 14.6. The molecule has 1 saturated heterocycles. The number of carbonyl (C=O) groups is 1. The number of amides is 1. The summed E-state index contributed by atoms with van der Waals surface area (Å²) in [5.41, 5.74) is -0.0335. The summed E-state index contributed by atoms with van der Waals surface area (Å²) in [5, 5.41) is 1.29. The van der Waals surface area contributed by atoms with Crippen molar-refractivity contribution in [3.05, 3.63) is 46.4 Å². The predicted octanol–water partition coefficient (Wildman–Crippen LogP) is 0.448. The highest BCUT2D eigenvalue weighted by Gasteiger charge is 2.24. The molecule has 3 rings (SSSR count). The van der Waals surface area contributed by atoms with Crippen molar-refractivity contribution in [3.8, 4) is 0 Å². The molecule has 6 nitrogen and oxygen atoms in total. The molecule has 1 aromatic carbocycles. The van der Waals surface area contributed by atoms with E-state index in [0.717, 1.165) is 23.2 Å². The summed E-state index contributed by atoms with van der Waals surface area (Å²) in [7, 11) is 3.43. The van der Waals surface area contributed by atoms with Crippen LogP contribution >= 0.6 is 0 Å². The fraction of sp³-hybridized carbons (Fsp3) is 0.375. The van der Waals surface area contributed by atoms with Crippen molar-refractivity contribution in [2.24, 2.45) is 0 Å². The second-order valence-electron chi connectivity index (χ2n) is 5.49. The topological polar surface area (TPSA) is 54.8 Å². The van der Waals surface area contributed by atoms with Crippen molar-refractivity contribution in [1.29, 1.82) is 0 Å². The molecular formula is C16H19N3O3. The van der Waals surface area contributed by atoms with Crippen LogP contribution in [0.3, 0.4) is 0 Å². The van der Waals surface area contributed by atoms with Gasteiger partial charge in [0.2, 0.25) is 0 Å². The second-order valence-corrected chi connectivity index (χ2v) is 5.49. The average molecular weight is 301 g/mol. The molecule has 0 spiro atoms. The van der Waals surface area contributed by atoms with Crippen molar-refractivity contribution in [2.75, 3.05) is 40.3 Å². The molecule has 116 valence electrons. The quantitative estimate of drug-likeness (QED) is 0.808. The summed E-state index contributed by atoms with van der Waals surface area (Å²) in [6.45, 7) is 2.97. The van der Waals surface area contributed by atoms with E-state index >= 15 is 0 Å². The normalized spacial score (nSPS) is 16.0. The van der Waals surface area contributed by atoms with E-state index in [4.69, 9.17) is 4.84 Å². The third kappa shape index (κ3) is 2.46. The molecule has 1 amide bonds. The predicted molar refractivity (Wildman–Crippen MR) is 84.1 cm³/mol. The Morgan fingerprint density at radius 2 is 1.82 bits per heavy atom. The summed E-state index contributed by atoms with van der Waals surface area (Å²) in [5.74, 6) is -0.169. The lowest BCUT2D eigenvalue weighted by Gasteiger charge is -2.32. The Balaban J connectivity index is 2.06. The largest absolute Gasteiger partial charge is 0.413 e. The molecule has 1 aromatic heterocycles. The van der Waals surface area contributed by atoms with Crippen LogP contribution in [0.25, 0.3) is 10.8 Å². The Labute approximate surface area is 128 Å². The van der Waals surface area contributed by atoms with Crippen molar-refractivity contribution in [1.82, 2.24) is 14.5 Å². The molecular weight excluding hydrogens is 282 g/mol. The molecule has 6 heteroatoms. The van der Waals surface area contributed by atoms with Gasteiger partial charge in [-0.2, -0.15) is 0 Å². The third-order valence-corrected chi connectivity index (χ3v) is 4.08. The molecule has 1 aliphatic rings. The number of nitrogens with zero attached hydrogens (tertiary/aromatic N) is 3. The third-order valence-electron chi connectivity index (χ3n) is 4.08. The number of fused-ring (bicyclic) bond motifs is 1. The van der Waals surface area contributed by atoms with E-state index in [1.807, 2.05) is 19.2 Å². The molecule has 0 saturated carbocycles. The highest BCUT2D eigenvalue weighted by molar-refractivity contribution is 5.96. The monoisotopic (exact) mass is 301 g/mol. The lowest BCUT2D eigenvalue weighted by molar-refractivity contribution is 0.0604. The van der Waals surface area contributed by atoms with Crippen molar-refractivity contribution < 1.29 is 9.63 Å². The molecule has 1 aliphatic heterocycles. The number of rotatable bonds is 2. The number of piperazine rings is 1. The molecule has 22 heavy (non-hydrogen) atoms. The summed E-state index contributed by atoms with van der Waals surface area (Å²) in [4.78, 5) is 34.3. The van der Waals surface area contributed by atoms with Crippen LogP contribution in [0, 0.1) is 0 Å². The minimum Gasteiger partial charge on any atom is -0.413 e. The van der Waals surface area contributed by atoms with Gasteiger partial charge in [0, 0.05) is 26.2 Å². The van der Waals surface area contributed by atoms with Crippen molar-refractivity contribution in [2.45, 2.75) is 0 Å². The van der Waals surface area contributed by atoms with Crippen molar-refractivity contribution >= 4 is 16.7 Å². The first-order valence-corrected chi connectivity index (χ1v) is 7.29. The van der Waals surface area contributed by atoms with Gasteiger partial charge in [-0.1, -0.05) is 18.2 Å². The summed E-state index contributed by atoms with van der Waals surface area (Å²) >= 11 is 0. The van der Waals surface area contributed by atoms with Crippen LogP contribution in [0.5, 0.6) is 0 Å². The minimum absolute atomic E-state index is 0.169. The fourth-order valence-electron chi connectivity index (χ4n) is 2.74. The molecule has 2 heterocycles. The lowest BCUT2D eigenvalue weighted by atomic mass is 10.1. The fourth-order valence-corrected chi connectivity index (χ4v) is 2.74. The van der Waals surface area contributed by atoms with Crippen LogP contribution in [0.2, 0.25) is 0 Å². The minimum atomic E-state index is -0.307. The van der Waals surface area contributed by atoms with Gasteiger partial charge in [0.25, 0.3) is 11.5 Å². The van der Waals surface area contributed by atoms with E-state index in [2.05, 4.69) is 4.90 Å². The molecule has 1 fully saturated rings. The van der Waals surface area contributed by atoms with Crippen molar-refractivity contribution in [3.63, 3.8) is 0 Å². The number of hydrogen-bond donors (Lipinski definition) is 0. The molecule has 0 bridgehead atoms. The van der Waals surface area contributed by atoms with Gasteiger partial charge in [-0.3, -0.25) is 9.59 Å². The van der Waals surface area contributed by atoms with Crippen LogP contribution in [-0.4, -0.2) is 60.8 Å². The van der Waals surface area contributed by atoms with Crippen LogP contribution in [0.1, 0.15) is 10.5 Å². The number of likely N-dealkylation sites (N-methyl/N-ethyl adjacent to an activating group) is 1. The zero-order chi connectivity index (χ0) is 15.7. The number of hydrogen-bond acceptors (Lipinski definition) is 4. The molecule has 2 aromatic rings. The van der Waals surface area contributed by atoms with Gasteiger partial charge < -0.3 is 14.6 Å². The Morgan fingerprint density at radius 1 is 1.14 bits per heavy atom. The molecule has 0 N–H and O–H groups in total. The van der Waals surface area contributed by atoms with Crippen LogP contribution in [0.4, 0.5) is 0 Å². The van der Waals surface area contributed by atoms with E-state index in [1.165, 1.54) is 7.11 Å². The molecule has 0 radical (unpaired) electrons. The maximum absolute atomic E-state index is 12.7. The summed E-state index contributed by atoms with van der Waals surface area (Å²) < 4.78 is 1.09. The van der Waals surface area contributed by atoms with Gasteiger partial charge in [0.1, 0.15) is 12.8 Å². The Hall–Kier alpha value is -2.34. The Morgan fingerprint density at radius 3 is 2.50 bits per heavy atom. The van der Waals surface area contributed by atoms with Crippen LogP contribution in [-0.2, 0) is 0 Å². The van der Waals surface area contributed by atoms with E-state index in [9.17, 15) is 9.59 Å². The molecule has 0 unspecified atom stereocenters. The second kappa shape index (κ2) is 5.81.